The second kappa shape index (κ2) is 6.70. The maximum atomic E-state index is 12.6. The van der Waals surface area contributed by atoms with Gasteiger partial charge < -0.3 is 10.5 Å². The fraction of sp³-hybridized carbons (Fsp3) is 0.889. The summed E-state index contributed by atoms with van der Waals surface area (Å²) in [5.74, 6) is -0.527. The van der Waals surface area contributed by atoms with E-state index in [0.29, 0.717) is 0 Å². The van der Waals surface area contributed by atoms with E-state index in [1.165, 1.54) is 14.2 Å². The first-order valence-corrected chi connectivity index (χ1v) is 4.86. The quantitative estimate of drug-likeness (QED) is 0.699. The van der Waals surface area contributed by atoms with Crippen molar-refractivity contribution < 1.29 is 22.7 Å². The van der Waals surface area contributed by atoms with Gasteiger partial charge in [0.15, 0.2) is 0 Å². The van der Waals surface area contributed by atoms with E-state index >= 15 is 0 Å². The standard InChI is InChI=1S/C9H17F3N2O2/c1-14(6-4-8(15)16-2)7(3-5-13)9(10,11)12/h7H,3-6,13H2,1-2H3. The topological polar surface area (TPSA) is 55.6 Å². The molecule has 0 saturated heterocycles. The molecule has 7 heteroatoms. The van der Waals surface area contributed by atoms with Crippen molar-refractivity contribution in [1.29, 1.82) is 0 Å². The monoisotopic (exact) mass is 242 g/mol. The number of alkyl halides is 3. The number of carbonyl (C=O) groups is 1. The Bertz CT molecular complexity index is 221. The summed E-state index contributed by atoms with van der Waals surface area (Å²) in [6, 6.07) is -1.61. The number of nitrogens with two attached hydrogens (primary N) is 1. The predicted octanol–water partition coefficient (Wildman–Crippen LogP) is 0.761. The van der Waals surface area contributed by atoms with Crippen LogP contribution in [-0.4, -0.2) is 50.3 Å². The van der Waals surface area contributed by atoms with Gasteiger partial charge in [0.25, 0.3) is 0 Å². The SMILES string of the molecule is COC(=O)CCN(C)C(CCN)C(F)(F)F. The van der Waals surface area contributed by atoms with E-state index in [4.69, 9.17) is 5.73 Å². The molecule has 0 aromatic heterocycles. The molecular formula is C9H17F3N2O2. The molecule has 0 bridgehead atoms. The van der Waals surface area contributed by atoms with Crippen molar-refractivity contribution in [2.24, 2.45) is 5.73 Å². The number of esters is 1. The lowest BCUT2D eigenvalue weighted by Gasteiger charge is -2.29. The van der Waals surface area contributed by atoms with Gasteiger partial charge in [-0.05, 0) is 20.0 Å². The number of hydrogen-bond donors (Lipinski definition) is 1. The number of hydrogen-bond acceptors (Lipinski definition) is 4. The molecule has 0 aliphatic carbocycles. The van der Waals surface area contributed by atoms with E-state index in [-0.39, 0.29) is 25.9 Å². The van der Waals surface area contributed by atoms with Crippen LogP contribution in [0.4, 0.5) is 13.2 Å². The molecule has 1 unspecified atom stereocenters. The summed E-state index contributed by atoms with van der Waals surface area (Å²) in [5, 5.41) is 0. The van der Waals surface area contributed by atoms with E-state index < -0.39 is 18.2 Å². The minimum atomic E-state index is -4.33. The Morgan fingerprint density at radius 3 is 2.44 bits per heavy atom. The zero-order valence-corrected chi connectivity index (χ0v) is 9.38. The Hall–Kier alpha value is -0.820. The molecule has 0 rings (SSSR count). The van der Waals surface area contributed by atoms with Crippen molar-refractivity contribution in [1.82, 2.24) is 4.90 Å². The van der Waals surface area contributed by atoms with Gasteiger partial charge in [-0.15, -0.1) is 0 Å². The lowest BCUT2D eigenvalue weighted by Crippen LogP contribution is -2.45. The van der Waals surface area contributed by atoms with Gasteiger partial charge in [0, 0.05) is 6.54 Å². The Morgan fingerprint density at radius 1 is 1.50 bits per heavy atom. The Morgan fingerprint density at radius 2 is 2.06 bits per heavy atom. The summed E-state index contributed by atoms with van der Waals surface area (Å²) < 4.78 is 42.0. The zero-order valence-electron chi connectivity index (χ0n) is 9.38. The normalized spacial score (nSPS) is 13.9. The lowest BCUT2D eigenvalue weighted by atomic mass is 10.1. The van der Waals surface area contributed by atoms with Gasteiger partial charge in [0.1, 0.15) is 6.04 Å². The summed E-state index contributed by atoms with van der Waals surface area (Å²) in [5.41, 5.74) is 5.13. The van der Waals surface area contributed by atoms with E-state index in [1.807, 2.05) is 0 Å². The first kappa shape index (κ1) is 15.2. The van der Waals surface area contributed by atoms with Crippen LogP contribution in [-0.2, 0) is 9.53 Å². The van der Waals surface area contributed by atoms with Gasteiger partial charge in [0.05, 0.1) is 13.5 Å². The summed E-state index contributed by atoms with van der Waals surface area (Å²) in [6.45, 7) is -0.0520. The van der Waals surface area contributed by atoms with Gasteiger partial charge in [0.2, 0.25) is 0 Å². The van der Waals surface area contributed by atoms with Gasteiger partial charge >= 0.3 is 12.1 Å². The molecule has 0 aromatic carbocycles. The average Bonchev–Trinajstić information content (AvgIpc) is 2.20. The van der Waals surface area contributed by atoms with E-state index in [0.717, 1.165) is 4.90 Å². The third-order valence-corrected chi connectivity index (χ3v) is 2.25. The summed E-state index contributed by atoms with van der Waals surface area (Å²) in [7, 11) is 2.51. The molecule has 0 amide bonds. The molecule has 0 heterocycles. The second-order valence-electron chi connectivity index (χ2n) is 3.44. The zero-order chi connectivity index (χ0) is 12.8. The first-order valence-electron chi connectivity index (χ1n) is 4.86. The number of rotatable bonds is 6. The van der Waals surface area contributed by atoms with Crippen LogP contribution in [0.3, 0.4) is 0 Å². The molecule has 0 radical (unpaired) electrons. The molecule has 16 heavy (non-hydrogen) atoms. The maximum absolute atomic E-state index is 12.6. The average molecular weight is 242 g/mol. The predicted molar refractivity (Wildman–Crippen MR) is 52.8 cm³/mol. The van der Waals surface area contributed by atoms with E-state index in [2.05, 4.69) is 4.74 Å². The van der Waals surface area contributed by atoms with Crippen molar-refractivity contribution in [3.05, 3.63) is 0 Å². The highest BCUT2D eigenvalue weighted by Crippen LogP contribution is 2.26. The highest BCUT2D eigenvalue weighted by Gasteiger charge is 2.41. The van der Waals surface area contributed by atoms with Crippen LogP contribution in [0.25, 0.3) is 0 Å². The number of carbonyl (C=O) groups excluding carboxylic acids is 1. The largest absolute Gasteiger partial charge is 0.469 e. The number of ether oxygens (including phenoxy) is 1. The summed E-state index contributed by atoms with van der Waals surface area (Å²) in [4.78, 5) is 11.9. The molecule has 4 nitrogen and oxygen atoms in total. The van der Waals surface area contributed by atoms with Crippen LogP contribution in [0.1, 0.15) is 12.8 Å². The summed E-state index contributed by atoms with van der Waals surface area (Å²) in [6.07, 6.45) is -4.57. The number of methoxy groups -OCH3 is 1. The molecule has 0 aliphatic rings. The Labute approximate surface area is 92.5 Å². The summed E-state index contributed by atoms with van der Waals surface area (Å²) >= 11 is 0. The van der Waals surface area contributed by atoms with Gasteiger partial charge in [-0.1, -0.05) is 0 Å². The van der Waals surface area contributed by atoms with Crippen molar-refractivity contribution in [3.63, 3.8) is 0 Å². The van der Waals surface area contributed by atoms with Crippen molar-refractivity contribution in [3.8, 4) is 0 Å². The van der Waals surface area contributed by atoms with Crippen LogP contribution >= 0.6 is 0 Å². The van der Waals surface area contributed by atoms with Crippen LogP contribution in [0.15, 0.2) is 0 Å². The second-order valence-corrected chi connectivity index (χ2v) is 3.44. The highest BCUT2D eigenvalue weighted by atomic mass is 19.4. The third-order valence-electron chi connectivity index (χ3n) is 2.25. The fourth-order valence-electron chi connectivity index (χ4n) is 1.32. The molecule has 1 atom stereocenters. The molecule has 0 spiro atoms. The molecule has 0 fully saturated rings. The fourth-order valence-corrected chi connectivity index (χ4v) is 1.32. The van der Waals surface area contributed by atoms with Gasteiger partial charge in [-0.2, -0.15) is 13.2 Å². The first-order chi connectivity index (χ1) is 7.32. The van der Waals surface area contributed by atoms with Crippen molar-refractivity contribution >= 4 is 5.97 Å². The molecule has 0 aromatic rings. The Kier molecular flexibility index (Phi) is 6.35. The lowest BCUT2D eigenvalue weighted by molar-refractivity contribution is -0.182. The van der Waals surface area contributed by atoms with Crippen LogP contribution in [0, 0.1) is 0 Å². The van der Waals surface area contributed by atoms with Gasteiger partial charge in [-0.25, -0.2) is 0 Å². The molecule has 2 N–H and O–H groups in total. The van der Waals surface area contributed by atoms with Crippen molar-refractivity contribution in [2.75, 3.05) is 27.2 Å². The number of halogens is 3. The third kappa shape index (κ3) is 5.32. The van der Waals surface area contributed by atoms with Crippen molar-refractivity contribution in [2.45, 2.75) is 25.1 Å². The van der Waals surface area contributed by atoms with Crippen LogP contribution in [0.2, 0.25) is 0 Å². The molecule has 0 saturated carbocycles. The minimum Gasteiger partial charge on any atom is -0.469 e. The molecule has 96 valence electrons. The smallest absolute Gasteiger partial charge is 0.404 e. The highest BCUT2D eigenvalue weighted by molar-refractivity contribution is 5.69. The minimum absolute atomic E-state index is 0.00313. The van der Waals surface area contributed by atoms with Crippen LogP contribution < -0.4 is 5.73 Å². The van der Waals surface area contributed by atoms with Gasteiger partial charge in [-0.3, -0.25) is 9.69 Å². The van der Waals surface area contributed by atoms with E-state index in [1.54, 1.807) is 0 Å². The molecule has 0 aliphatic heterocycles. The Balaban J connectivity index is 4.28. The maximum Gasteiger partial charge on any atom is 0.404 e. The van der Waals surface area contributed by atoms with E-state index in [9.17, 15) is 18.0 Å². The number of nitrogens with zero attached hydrogens (tertiary/aromatic N) is 1. The van der Waals surface area contributed by atoms with Crippen LogP contribution in [0.5, 0.6) is 0 Å². The molecular weight excluding hydrogens is 225 g/mol.